The van der Waals surface area contributed by atoms with E-state index in [9.17, 15) is 4.79 Å². The van der Waals surface area contributed by atoms with Crippen molar-refractivity contribution in [1.82, 2.24) is 10.2 Å². The van der Waals surface area contributed by atoms with Gasteiger partial charge in [-0.2, -0.15) is 0 Å². The second kappa shape index (κ2) is 10.3. The summed E-state index contributed by atoms with van der Waals surface area (Å²) in [5.41, 5.74) is 6.71. The van der Waals surface area contributed by atoms with Gasteiger partial charge in [0.2, 0.25) is 0 Å². The maximum Gasteiger partial charge on any atom is 0.407 e. The summed E-state index contributed by atoms with van der Waals surface area (Å²) in [7, 11) is 0. The molecule has 1 heterocycles. The predicted octanol–water partition coefficient (Wildman–Crippen LogP) is 2.75. The van der Waals surface area contributed by atoms with Crippen LogP contribution in [-0.2, 0) is 11.3 Å². The van der Waals surface area contributed by atoms with Gasteiger partial charge < -0.3 is 15.8 Å². The van der Waals surface area contributed by atoms with Gasteiger partial charge in [-0.3, -0.25) is 4.90 Å². The molecule has 3 N–H and O–H groups in total. The summed E-state index contributed by atoms with van der Waals surface area (Å²) in [6, 6.07) is 9.90. The van der Waals surface area contributed by atoms with E-state index in [0.717, 1.165) is 31.6 Å². The van der Waals surface area contributed by atoms with Crippen LogP contribution in [0.1, 0.15) is 38.2 Å². The first-order chi connectivity index (χ1) is 11.7. The molecule has 1 saturated heterocycles. The van der Waals surface area contributed by atoms with Crippen LogP contribution in [0.3, 0.4) is 0 Å². The SMILES string of the molecule is CCCCC1CC(NC(=O)OCc2ccccc2)CN(CCN)C1. The molecule has 2 unspecified atom stereocenters. The van der Waals surface area contributed by atoms with Crippen LogP contribution in [0.4, 0.5) is 4.79 Å². The molecule has 1 aromatic rings. The number of nitrogens with zero attached hydrogens (tertiary/aromatic N) is 1. The molecule has 2 atom stereocenters. The number of benzene rings is 1. The van der Waals surface area contributed by atoms with E-state index in [2.05, 4.69) is 17.1 Å². The highest BCUT2D eigenvalue weighted by molar-refractivity contribution is 5.67. The van der Waals surface area contributed by atoms with E-state index in [1.54, 1.807) is 0 Å². The van der Waals surface area contributed by atoms with Crippen molar-refractivity contribution in [2.75, 3.05) is 26.2 Å². The van der Waals surface area contributed by atoms with Crippen LogP contribution >= 0.6 is 0 Å². The Balaban J connectivity index is 1.80. The number of hydrogen-bond donors (Lipinski definition) is 2. The minimum absolute atomic E-state index is 0.149. The van der Waals surface area contributed by atoms with E-state index in [1.165, 1.54) is 19.3 Å². The zero-order valence-corrected chi connectivity index (χ0v) is 14.7. The van der Waals surface area contributed by atoms with Gasteiger partial charge in [0.15, 0.2) is 0 Å². The molecule has 24 heavy (non-hydrogen) atoms. The van der Waals surface area contributed by atoms with Gasteiger partial charge in [-0.15, -0.1) is 0 Å². The van der Waals surface area contributed by atoms with Crippen LogP contribution in [0.15, 0.2) is 30.3 Å². The molecule has 1 aliphatic heterocycles. The molecule has 5 heteroatoms. The molecular formula is C19H31N3O2. The predicted molar refractivity (Wildman–Crippen MR) is 96.7 cm³/mol. The standard InChI is InChI=1S/C19H31N3O2/c1-2-3-7-17-12-18(14-22(13-17)11-10-20)21-19(23)24-15-16-8-5-4-6-9-16/h4-6,8-9,17-18H,2-3,7,10-15,20H2,1H3,(H,21,23). The molecule has 2 rings (SSSR count). The molecule has 134 valence electrons. The molecular weight excluding hydrogens is 302 g/mol. The van der Waals surface area contributed by atoms with E-state index in [4.69, 9.17) is 10.5 Å². The van der Waals surface area contributed by atoms with E-state index in [1.807, 2.05) is 30.3 Å². The van der Waals surface area contributed by atoms with Crippen LogP contribution in [0.2, 0.25) is 0 Å². The number of nitrogens with one attached hydrogen (secondary N) is 1. The number of carbonyl (C=O) groups is 1. The second-order valence-corrected chi connectivity index (χ2v) is 6.70. The number of unbranched alkanes of at least 4 members (excludes halogenated alkanes) is 1. The maximum absolute atomic E-state index is 12.1. The van der Waals surface area contributed by atoms with Crippen molar-refractivity contribution in [1.29, 1.82) is 0 Å². The first-order valence-electron chi connectivity index (χ1n) is 9.11. The fraction of sp³-hybridized carbons (Fsp3) is 0.632. The van der Waals surface area contributed by atoms with Crippen molar-refractivity contribution in [3.05, 3.63) is 35.9 Å². The lowest BCUT2D eigenvalue weighted by Gasteiger charge is -2.37. The van der Waals surface area contributed by atoms with Crippen LogP contribution in [-0.4, -0.2) is 43.2 Å². The molecule has 1 amide bonds. The third-order valence-corrected chi connectivity index (χ3v) is 4.56. The molecule has 0 bridgehead atoms. The number of piperidine rings is 1. The van der Waals surface area contributed by atoms with Crippen molar-refractivity contribution < 1.29 is 9.53 Å². The highest BCUT2D eigenvalue weighted by Gasteiger charge is 2.27. The highest BCUT2D eigenvalue weighted by atomic mass is 16.5. The molecule has 1 aromatic carbocycles. The van der Waals surface area contributed by atoms with Gasteiger partial charge >= 0.3 is 6.09 Å². The van der Waals surface area contributed by atoms with Crippen LogP contribution < -0.4 is 11.1 Å². The summed E-state index contributed by atoms with van der Waals surface area (Å²) in [5.74, 6) is 0.629. The molecule has 1 aliphatic rings. The summed E-state index contributed by atoms with van der Waals surface area (Å²) in [5, 5.41) is 3.04. The largest absolute Gasteiger partial charge is 0.445 e. The summed E-state index contributed by atoms with van der Waals surface area (Å²) in [6.07, 6.45) is 4.38. The number of rotatable bonds is 8. The Labute approximate surface area is 145 Å². The third-order valence-electron chi connectivity index (χ3n) is 4.56. The zero-order chi connectivity index (χ0) is 17.2. The topological polar surface area (TPSA) is 67.6 Å². The quantitative estimate of drug-likeness (QED) is 0.767. The van der Waals surface area contributed by atoms with E-state index in [0.29, 0.717) is 19.1 Å². The third kappa shape index (κ3) is 6.49. The number of nitrogens with two attached hydrogens (primary N) is 1. The first kappa shape index (κ1) is 18.7. The second-order valence-electron chi connectivity index (χ2n) is 6.70. The van der Waals surface area contributed by atoms with Gasteiger partial charge in [0.05, 0.1) is 0 Å². The monoisotopic (exact) mass is 333 g/mol. The summed E-state index contributed by atoms with van der Waals surface area (Å²) in [4.78, 5) is 14.5. The van der Waals surface area contributed by atoms with E-state index < -0.39 is 0 Å². The number of amides is 1. The van der Waals surface area contributed by atoms with Gasteiger partial charge in [0.1, 0.15) is 6.61 Å². The van der Waals surface area contributed by atoms with Crippen molar-refractivity contribution in [3.63, 3.8) is 0 Å². The fourth-order valence-corrected chi connectivity index (χ4v) is 3.41. The number of ether oxygens (including phenoxy) is 1. The van der Waals surface area contributed by atoms with E-state index >= 15 is 0 Å². The van der Waals surface area contributed by atoms with Gasteiger partial charge in [0, 0.05) is 32.2 Å². The number of likely N-dealkylation sites (tertiary alicyclic amines) is 1. The lowest BCUT2D eigenvalue weighted by molar-refractivity contribution is 0.109. The Morgan fingerprint density at radius 2 is 2.12 bits per heavy atom. The van der Waals surface area contributed by atoms with Crippen molar-refractivity contribution >= 4 is 6.09 Å². The average Bonchev–Trinajstić information content (AvgIpc) is 2.59. The molecule has 0 spiro atoms. The lowest BCUT2D eigenvalue weighted by atomic mass is 9.90. The Hall–Kier alpha value is -1.59. The Morgan fingerprint density at radius 1 is 1.33 bits per heavy atom. The lowest BCUT2D eigenvalue weighted by Crippen LogP contribution is -2.51. The van der Waals surface area contributed by atoms with Crippen molar-refractivity contribution in [2.24, 2.45) is 11.7 Å². The fourth-order valence-electron chi connectivity index (χ4n) is 3.41. The maximum atomic E-state index is 12.1. The summed E-state index contributed by atoms with van der Waals surface area (Å²) < 4.78 is 5.35. The average molecular weight is 333 g/mol. The minimum Gasteiger partial charge on any atom is -0.445 e. The van der Waals surface area contributed by atoms with Crippen LogP contribution in [0.5, 0.6) is 0 Å². The van der Waals surface area contributed by atoms with Crippen molar-refractivity contribution in [3.8, 4) is 0 Å². The zero-order valence-electron chi connectivity index (χ0n) is 14.7. The Bertz CT molecular complexity index is 481. The Kier molecular flexibility index (Phi) is 8.05. The normalized spacial score (nSPS) is 21.4. The molecule has 0 saturated carbocycles. The molecule has 0 aromatic heterocycles. The molecule has 0 aliphatic carbocycles. The molecule has 5 nitrogen and oxygen atoms in total. The van der Waals surface area contributed by atoms with Gasteiger partial charge in [-0.25, -0.2) is 4.79 Å². The first-order valence-corrected chi connectivity index (χ1v) is 9.11. The van der Waals surface area contributed by atoms with Crippen LogP contribution in [0, 0.1) is 5.92 Å². The van der Waals surface area contributed by atoms with Crippen molar-refractivity contribution in [2.45, 2.75) is 45.3 Å². The van der Waals surface area contributed by atoms with Gasteiger partial charge in [-0.05, 0) is 24.3 Å². The van der Waals surface area contributed by atoms with Crippen LogP contribution in [0.25, 0.3) is 0 Å². The molecule has 1 fully saturated rings. The smallest absolute Gasteiger partial charge is 0.407 e. The number of hydrogen-bond acceptors (Lipinski definition) is 4. The van der Waals surface area contributed by atoms with Gasteiger partial charge in [0.25, 0.3) is 0 Å². The number of alkyl carbamates (subject to hydrolysis) is 1. The molecule has 0 radical (unpaired) electrons. The highest BCUT2D eigenvalue weighted by Crippen LogP contribution is 2.22. The van der Waals surface area contributed by atoms with Gasteiger partial charge in [-0.1, -0.05) is 50.1 Å². The summed E-state index contributed by atoms with van der Waals surface area (Å²) in [6.45, 7) is 6.03. The van der Waals surface area contributed by atoms with E-state index in [-0.39, 0.29) is 12.1 Å². The Morgan fingerprint density at radius 3 is 2.83 bits per heavy atom. The number of carbonyl (C=O) groups excluding carboxylic acids is 1. The minimum atomic E-state index is -0.326. The summed E-state index contributed by atoms with van der Waals surface area (Å²) >= 11 is 0.